The van der Waals surface area contributed by atoms with E-state index in [4.69, 9.17) is 0 Å². The molecule has 1 N–H and O–H groups in total. The minimum Gasteiger partial charge on any atom is -0.387 e. The Bertz CT molecular complexity index is 2090. The molecule has 6 aromatic carbocycles. The van der Waals surface area contributed by atoms with Crippen molar-refractivity contribution < 1.29 is 0 Å². The van der Waals surface area contributed by atoms with Crippen LogP contribution < -0.4 is 10.2 Å². The Balaban J connectivity index is 1.33. The first-order chi connectivity index (χ1) is 21.8. The summed E-state index contributed by atoms with van der Waals surface area (Å²) in [6, 6.07) is 53.8. The first kappa shape index (κ1) is 24.9. The predicted octanol–water partition coefficient (Wildman–Crippen LogP) is 10.0. The lowest BCUT2D eigenvalue weighted by Gasteiger charge is -2.45. The second kappa shape index (κ2) is 9.72. The summed E-state index contributed by atoms with van der Waals surface area (Å²) in [5.74, 6) is 0. The molecular weight excluding hydrogens is 532 g/mol. The third-order valence-electron chi connectivity index (χ3n) is 9.48. The molecule has 1 spiro atoms. The monoisotopic (exact) mass is 562 g/mol. The van der Waals surface area contributed by atoms with Gasteiger partial charge in [0.25, 0.3) is 0 Å². The first-order valence-corrected chi connectivity index (χ1v) is 15.3. The molecule has 0 amide bonds. The molecule has 1 aliphatic carbocycles. The zero-order chi connectivity index (χ0) is 29.1. The van der Waals surface area contributed by atoms with Crippen molar-refractivity contribution >= 4 is 22.6 Å². The van der Waals surface area contributed by atoms with E-state index in [1.165, 1.54) is 72.7 Å². The van der Waals surface area contributed by atoms with Crippen LogP contribution in [0, 0.1) is 0 Å². The maximum Gasteiger partial charge on any atom is 0.0754 e. The Hall–Kier alpha value is -5.60. The maximum atomic E-state index is 3.36. The second-order valence-corrected chi connectivity index (χ2v) is 11.8. The first-order valence-electron chi connectivity index (χ1n) is 15.3. The van der Waals surface area contributed by atoms with Crippen molar-refractivity contribution in [1.82, 2.24) is 5.32 Å². The highest BCUT2D eigenvalue weighted by molar-refractivity contribution is 5.96. The number of rotatable bonds is 3. The zero-order valence-electron chi connectivity index (χ0n) is 24.2. The van der Waals surface area contributed by atoms with Gasteiger partial charge >= 0.3 is 0 Å². The predicted molar refractivity (Wildman–Crippen MR) is 183 cm³/mol. The molecule has 9 rings (SSSR count). The Morgan fingerprint density at radius 1 is 0.500 bits per heavy atom. The number of allylic oxidation sites excluding steroid dienone is 2. The zero-order valence-corrected chi connectivity index (χ0v) is 24.2. The molecule has 2 heteroatoms. The number of para-hydroxylation sites is 3. The SMILES string of the molecule is C1=CC(c2cccc(-c3ccc4c(c3)C3(c5ccccc5-4)c4ccccc4N(c4ccccc4)c4ccccc43)c2)=CNC1. The van der Waals surface area contributed by atoms with E-state index in [9.17, 15) is 0 Å². The van der Waals surface area contributed by atoms with Gasteiger partial charge in [0.05, 0.1) is 16.8 Å². The van der Waals surface area contributed by atoms with Gasteiger partial charge in [-0.15, -0.1) is 0 Å². The lowest BCUT2D eigenvalue weighted by atomic mass is 9.64. The summed E-state index contributed by atoms with van der Waals surface area (Å²) in [4.78, 5) is 2.43. The number of benzene rings is 6. The van der Waals surface area contributed by atoms with E-state index in [-0.39, 0.29) is 0 Å². The lowest BCUT2D eigenvalue weighted by Crippen LogP contribution is -2.36. The van der Waals surface area contributed by atoms with E-state index in [1.54, 1.807) is 0 Å². The summed E-state index contributed by atoms with van der Waals surface area (Å²) in [5.41, 5.74) is 15.9. The summed E-state index contributed by atoms with van der Waals surface area (Å²) >= 11 is 0. The van der Waals surface area contributed by atoms with E-state index in [2.05, 4.69) is 174 Å². The molecule has 208 valence electrons. The van der Waals surface area contributed by atoms with Gasteiger partial charge in [-0.05, 0) is 92.0 Å². The fourth-order valence-electron chi connectivity index (χ4n) is 7.67. The number of nitrogens with one attached hydrogen (secondary N) is 1. The van der Waals surface area contributed by atoms with Gasteiger partial charge in [0.2, 0.25) is 0 Å². The van der Waals surface area contributed by atoms with E-state index in [1.807, 2.05) is 0 Å². The molecule has 0 aromatic heterocycles. The van der Waals surface area contributed by atoms with Crippen molar-refractivity contribution in [3.63, 3.8) is 0 Å². The highest BCUT2D eigenvalue weighted by atomic mass is 15.2. The second-order valence-electron chi connectivity index (χ2n) is 11.8. The van der Waals surface area contributed by atoms with Crippen LogP contribution in [0.1, 0.15) is 27.8 Å². The van der Waals surface area contributed by atoms with Crippen molar-refractivity contribution in [1.29, 1.82) is 0 Å². The number of fused-ring (bicyclic) bond motifs is 9. The summed E-state index contributed by atoms with van der Waals surface area (Å²) in [6.45, 7) is 0.876. The highest BCUT2D eigenvalue weighted by Crippen LogP contribution is 2.63. The van der Waals surface area contributed by atoms with Crippen molar-refractivity contribution in [3.05, 3.63) is 192 Å². The molecule has 0 saturated carbocycles. The van der Waals surface area contributed by atoms with Crippen LogP contribution in [0.15, 0.2) is 164 Å². The number of dihydropyridines is 1. The number of anilines is 3. The molecule has 0 fully saturated rings. The molecular formula is C42H30N2. The van der Waals surface area contributed by atoms with Crippen molar-refractivity contribution in [3.8, 4) is 22.3 Å². The fraction of sp³-hybridized carbons (Fsp3) is 0.0476. The van der Waals surface area contributed by atoms with Gasteiger partial charge < -0.3 is 10.2 Å². The van der Waals surface area contributed by atoms with Gasteiger partial charge in [-0.2, -0.15) is 0 Å². The standard InChI is InChI=1S/C42H30N2/c1-2-15-33(16-3-1)44-40-21-8-6-19-37(40)42(38-20-7-9-22-41(38)44)36-18-5-4-17-34(36)35-24-23-31(27-39(35)42)29-12-10-13-30(26-29)32-14-11-25-43-28-32/h1-24,26-28,43H,25H2. The van der Waals surface area contributed by atoms with Gasteiger partial charge in [-0.25, -0.2) is 0 Å². The van der Waals surface area contributed by atoms with Crippen LogP contribution in [0.25, 0.3) is 27.8 Å². The highest BCUT2D eigenvalue weighted by Gasteiger charge is 2.51. The summed E-state index contributed by atoms with van der Waals surface area (Å²) in [7, 11) is 0. The fourth-order valence-corrected chi connectivity index (χ4v) is 7.67. The van der Waals surface area contributed by atoms with Crippen LogP contribution in [0.4, 0.5) is 17.1 Å². The molecule has 0 radical (unpaired) electrons. The van der Waals surface area contributed by atoms with Gasteiger partial charge in [-0.3, -0.25) is 0 Å². The average Bonchev–Trinajstić information content (AvgIpc) is 3.40. The molecule has 44 heavy (non-hydrogen) atoms. The van der Waals surface area contributed by atoms with Crippen LogP contribution >= 0.6 is 0 Å². The van der Waals surface area contributed by atoms with Crippen LogP contribution in [-0.2, 0) is 5.41 Å². The van der Waals surface area contributed by atoms with Crippen LogP contribution in [0.5, 0.6) is 0 Å². The molecule has 0 saturated heterocycles. The largest absolute Gasteiger partial charge is 0.387 e. The third-order valence-corrected chi connectivity index (χ3v) is 9.48. The van der Waals surface area contributed by atoms with Crippen LogP contribution in [0.2, 0.25) is 0 Å². The quantitative estimate of drug-likeness (QED) is 0.230. The summed E-state index contributed by atoms with van der Waals surface area (Å²) < 4.78 is 0. The van der Waals surface area contributed by atoms with Crippen molar-refractivity contribution in [2.75, 3.05) is 11.4 Å². The minimum atomic E-state index is -0.448. The van der Waals surface area contributed by atoms with E-state index in [0.29, 0.717) is 0 Å². The molecule has 0 bridgehead atoms. The Morgan fingerprint density at radius 2 is 1.14 bits per heavy atom. The lowest BCUT2D eigenvalue weighted by molar-refractivity contribution is 0.753. The van der Waals surface area contributed by atoms with E-state index >= 15 is 0 Å². The molecule has 3 aliphatic rings. The topological polar surface area (TPSA) is 15.3 Å². The average molecular weight is 563 g/mol. The number of nitrogens with zero attached hydrogens (tertiary/aromatic N) is 1. The minimum absolute atomic E-state index is 0.448. The third kappa shape index (κ3) is 3.49. The van der Waals surface area contributed by atoms with Gasteiger partial charge in [0.15, 0.2) is 0 Å². The van der Waals surface area contributed by atoms with Crippen molar-refractivity contribution in [2.45, 2.75) is 5.41 Å². The summed E-state index contributed by atoms with van der Waals surface area (Å²) in [5, 5.41) is 3.36. The number of hydrogen-bond acceptors (Lipinski definition) is 2. The normalized spacial score (nSPS) is 15.1. The Labute approximate surface area is 258 Å². The van der Waals surface area contributed by atoms with Crippen molar-refractivity contribution in [2.24, 2.45) is 0 Å². The molecule has 0 atom stereocenters. The Morgan fingerprint density at radius 3 is 1.89 bits per heavy atom. The molecule has 6 aromatic rings. The van der Waals surface area contributed by atoms with E-state index in [0.717, 1.165) is 6.54 Å². The summed E-state index contributed by atoms with van der Waals surface area (Å²) in [6.07, 6.45) is 6.50. The van der Waals surface area contributed by atoms with Gasteiger partial charge in [0.1, 0.15) is 0 Å². The van der Waals surface area contributed by atoms with E-state index < -0.39 is 5.41 Å². The molecule has 0 unspecified atom stereocenters. The number of hydrogen-bond donors (Lipinski definition) is 1. The molecule has 2 aliphatic heterocycles. The Kier molecular flexibility index (Phi) is 5.51. The van der Waals surface area contributed by atoms with Gasteiger partial charge in [0, 0.05) is 18.4 Å². The molecule has 2 heterocycles. The van der Waals surface area contributed by atoms with Crippen LogP contribution in [-0.4, -0.2) is 6.54 Å². The smallest absolute Gasteiger partial charge is 0.0754 e. The maximum absolute atomic E-state index is 3.36. The van der Waals surface area contributed by atoms with Gasteiger partial charge in [-0.1, -0.05) is 121 Å². The molecule has 2 nitrogen and oxygen atoms in total. The van der Waals surface area contributed by atoms with Crippen LogP contribution in [0.3, 0.4) is 0 Å².